The smallest absolute Gasteiger partial charge is 0.183 e. The lowest BCUT2D eigenvalue weighted by Gasteiger charge is -2.01. The second-order valence-corrected chi connectivity index (χ2v) is 4.20. The van der Waals surface area contributed by atoms with E-state index in [1.165, 1.54) is 38.5 Å². The van der Waals surface area contributed by atoms with E-state index in [1.54, 1.807) is 0 Å². The van der Waals surface area contributed by atoms with Crippen molar-refractivity contribution in [1.82, 2.24) is 0 Å². The largest absolute Gasteiger partial charge is 0.479 e. The third-order valence-electron chi connectivity index (χ3n) is 2.60. The van der Waals surface area contributed by atoms with Crippen molar-refractivity contribution in [3.8, 4) is 0 Å². The van der Waals surface area contributed by atoms with Crippen molar-refractivity contribution < 1.29 is 4.74 Å². The van der Waals surface area contributed by atoms with Crippen LogP contribution in [0.3, 0.4) is 0 Å². The summed E-state index contributed by atoms with van der Waals surface area (Å²) < 4.78 is 5.44. The molecule has 0 aromatic heterocycles. The van der Waals surface area contributed by atoms with E-state index in [1.807, 2.05) is 0 Å². The van der Waals surface area contributed by atoms with Crippen LogP contribution in [-0.2, 0) is 4.74 Å². The van der Waals surface area contributed by atoms with Gasteiger partial charge in [-0.1, -0.05) is 39.0 Å². The summed E-state index contributed by atoms with van der Waals surface area (Å²) in [7, 11) is 0. The van der Waals surface area contributed by atoms with Gasteiger partial charge in [0.1, 0.15) is 6.61 Å². The van der Waals surface area contributed by atoms with Crippen molar-refractivity contribution in [3.63, 3.8) is 0 Å². The highest BCUT2D eigenvalue weighted by molar-refractivity contribution is 5.77. The van der Waals surface area contributed by atoms with Crippen LogP contribution in [-0.4, -0.2) is 18.5 Å². The minimum atomic E-state index is 0.394. The first kappa shape index (κ1) is 11.5. The molecular weight excluding hydrogens is 174 g/mol. The fourth-order valence-corrected chi connectivity index (χ4v) is 1.73. The van der Waals surface area contributed by atoms with Crippen LogP contribution < -0.4 is 0 Å². The topological polar surface area (TPSA) is 21.6 Å². The van der Waals surface area contributed by atoms with Gasteiger partial charge in [-0.15, -0.1) is 0 Å². The molecule has 1 aliphatic heterocycles. The monoisotopic (exact) mass is 197 g/mol. The van der Waals surface area contributed by atoms with E-state index in [0.717, 1.165) is 18.9 Å². The Balaban J connectivity index is 1.91. The summed E-state index contributed by atoms with van der Waals surface area (Å²) >= 11 is 0. The predicted molar refractivity (Wildman–Crippen MR) is 60.8 cm³/mol. The zero-order valence-corrected chi connectivity index (χ0v) is 9.59. The van der Waals surface area contributed by atoms with Crippen molar-refractivity contribution in [3.05, 3.63) is 0 Å². The van der Waals surface area contributed by atoms with Crippen LogP contribution in [0.2, 0.25) is 0 Å². The van der Waals surface area contributed by atoms with Crippen molar-refractivity contribution in [2.24, 2.45) is 4.99 Å². The molecule has 82 valence electrons. The zero-order valence-electron chi connectivity index (χ0n) is 9.59. The lowest BCUT2D eigenvalue weighted by atomic mass is 10.1. The van der Waals surface area contributed by atoms with Gasteiger partial charge in [-0.2, -0.15) is 0 Å². The van der Waals surface area contributed by atoms with Crippen molar-refractivity contribution in [1.29, 1.82) is 0 Å². The normalized spacial score (nSPS) is 20.7. The molecule has 0 aliphatic carbocycles. The van der Waals surface area contributed by atoms with E-state index in [0.29, 0.717) is 6.04 Å². The molecule has 0 bridgehead atoms. The van der Waals surface area contributed by atoms with Gasteiger partial charge in [0, 0.05) is 6.42 Å². The fraction of sp³-hybridized carbons (Fsp3) is 0.917. The highest BCUT2D eigenvalue weighted by Crippen LogP contribution is 2.11. The number of aliphatic imine (C=N–C) groups is 1. The first-order valence-corrected chi connectivity index (χ1v) is 6.02. The van der Waals surface area contributed by atoms with Gasteiger partial charge in [0.05, 0.1) is 6.04 Å². The Morgan fingerprint density at radius 2 is 1.93 bits per heavy atom. The molecule has 1 heterocycles. The van der Waals surface area contributed by atoms with E-state index >= 15 is 0 Å². The lowest BCUT2D eigenvalue weighted by molar-refractivity contribution is 0.314. The molecule has 0 N–H and O–H groups in total. The van der Waals surface area contributed by atoms with Gasteiger partial charge in [0.25, 0.3) is 0 Å². The minimum Gasteiger partial charge on any atom is -0.479 e. The first-order valence-electron chi connectivity index (χ1n) is 6.02. The molecule has 0 saturated carbocycles. The Bertz CT molecular complexity index is 177. The summed E-state index contributed by atoms with van der Waals surface area (Å²) in [4.78, 5) is 4.42. The van der Waals surface area contributed by atoms with E-state index in [9.17, 15) is 0 Å². The van der Waals surface area contributed by atoms with Crippen LogP contribution in [0.25, 0.3) is 0 Å². The molecule has 2 heteroatoms. The third-order valence-corrected chi connectivity index (χ3v) is 2.60. The zero-order chi connectivity index (χ0) is 10.2. The van der Waals surface area contributed by atoms with Gasteiger partial charge in [-0.3, -0.25) is 0 Å². The van der Waals surface area contributed by atoms with Gasteiger partial charge in [0.2, 0.25) is 0 Å². The SMILES string of the molecule is CCCCCCCCC1=NC(C)CO1. The molecule has 1 rings (SSSR count). The van der Waals surface area contributed by atoms with E-state index in [4.69, 9.17) is 4.74 Å². The number of rotatable bonds is 7. The third kappa shape index (κ3) is 4.64. The maximum atomic E-state index is 5.44. The Hall–Kier alpha value is -0.530. The number of hydrogen-bond donors (Lipinski definition) is 0. The molecule has 14 heavy (non-hydrogen) atoms. The Morgan fingerprint density at radius 1 is 1.21 bits per heavy atom. The van der Waals surface area contributed by atoms with Gasteiger partial charge in [-0.05, 0) is 13.3 Å². The maximum Gasteiger partial charge on any atom is 0.183 e. The molecule has 0 aromatic carbocycles. The summed E-state index contributed by atoms with van der Waals surface area (Å²) in [6.45, 7) is 5.15. The van der Waals surface area contributed by atoms with E-state index < -0.39 is 0 Å². The van der Waals surface area contributed by atoms with Gasteiger partial charge >= 0.3 is 0 Å². The molecule has 0 aromatic rings. The summed E-state index contributed by atoms with van der Waals surface area (Å²) in [5, 5.41) is 0. The van der Waals surface area contributed by atoms with Crippen LogP contribution in [0.5, 0.6) is 0 Å². The van der Waals surface area contributed by atoms with E-state index in [-0.39, 0.29) is 0 Å². The van der Waals surface area contributed by atoms with Crippen LogP contribution >= 0.6 is 0 Å². The molecule has 0 spiro atoms. The fourth-order valence-electron chi connectivity index (χ4n) is 1.73. The van der Waals surface area contributed by atoms with Crippen molar-refractivity contribution in [2.45, 2.75) is 64.8 Å². The number of nitrogens with zero attached hydrogens (tertiary/aromatic N) is 1. The molecule has 1 unspecified atom stereocenters. The Labute approximate surface area is 87.8 Å². The molecule has 0 radical (unpaired) electrons. The lowest BCUT2D eigenvalue weighted by Crippen LogP contribution is -2.00. The average Bonchev–Trinajstić information content (AvgIpc) is 2.58. The highest BCUT2D eigenvalue weighted by atomic mass is 16.5. The second-order valence-electron chi connectivity index (χ2n) is 4.20. The summed E-state index contributed by atoms with van der Waals surface area (Å²) in [6, 6.07) is 0.394. The molecule has 0 amide bonds. The maximum absolute atomic E-state index is 5.44. The second kappa shape index (κ2) is 6.86. The predicted octanol–water partition coefficient (Wildman–Crippen LogP) is 3.55. The van der Waals surface area contributed by atoms with Gasteiger partial charge < -0.3 is 4.74 Å². The standard InChI is InChI=1S/C12H23NO/c1-3-4-5-6-7-8-9-12-13-11(2)10-14-12/h11H,3-10H2,1-2H3. The van der Waals surface area contributed by atoms with Crippen LogP contribution in [0, 0.1) is 0 Å². The summed E-state index contributed by atoms with van der Waals surface area (Å²) in [6.07, 6.45) is 9.10. The molecular formula is C12H23NO. The van der Waals surface area contributed by atoms with Crippen molar-refractivity contribution >= 4 is 5.90 Å². The average molecular weight is 197 g/mol. The van der Waals surface area contributed by atoms with Gasteiger partial charge in [0.15, 0.2) is 5.90 Å². The molecule has 0 fully saturated rings. The van der Waals surface area contributed by atoms with Crippen LogP contribution in [0.1, 0.15) is 58.8 Å². The number of hydrogen-bond acceptors (Lipinski definition) is 2. The Kier molecular flexibility index (Phi) is 5.65. The minimum absolute atomic E-state index is 0.394. The molecule has 1 atom stereocenters. The first-order chi connectivity index (χ1) is 6.83. The highest BCUT2D eigenvalue weighted by Gasteiger charge is 2.12. The summed E-state index contributed by atoms with van der Waals surface area (Å²) in [5.74, 6) is 0.994. The van der Waals surface area contributed by atoms with Gasteiger partial charge in [-0.25, -0.2) is 4.99 Å². The summed E-state index contributed by atoms with van der Waals surface area (Å²) in [5.41, 5.74) is 0. The Morgan fingerprint density at radius 3 is 2.57 bits per heavy atom. The number of unbranched alkanes of at least 4 members (excludes halogenated alkanes) is 5. The number of ether oxygens (including phenoxy) is 1. The van der Waals surface area contributed by atoms with E-state index in [2.05, 4.69) is 18.8 Å². The van der Waals surface area contributed by atoms with Crippen LogP contribution in [0.4, 0.5) is 0 Å². The van der Waals surface area contributed by atoms with Crippen molar-refractivity contribution in [2.75, 3.05) is 6.61 Å². The molecule has 2 nitrogen and oxygen atoms in total. The quantitative estimate of drug-likeness (QED) is 0.572. The molecule has 0 saturated heterocycles. The molecule has 1 aliphatic rings. The van der Waals surface area contributed by atoms with Crippen LogP contribution in [0.15, 0.2) is 4.99 Å².